The summed E-state index contributed by atoms with van der Waals surface area (Å²) in [5, 5.41) is 0.498. The normalized spacial score (nSPS) is 8.15. The lowest BCUT2D eigenvalue weighted by atomic mass is 10.2. The Kier molecular flexibility index (Phi) is 21.8. The third-order valence-electron chi connectivity index (χ3n) is 1.28. The van der Waals surface area contributed by atoms with Crippen molar-refractivity contribution in [3.8, 4) is 0 Å². The number of unbranched alkanes of at least 4 members (excludes halogenated alkanes) is 2. The topological polar surface area (TPSA) is 61.3 Å². The molecule has 0 heterocycles. The van der Waals surface area contributed by atoms with E-state index in [0.29, 0.717) is 18.2 Å². The minimum atomic E-state index is 0. The Labute approximate surface area is 97.4 Å². The zero-order valence-corrected chi connectivity index (χ0v) is 9.98. The molecule has 0 aliphatic rings. The van der Waals surface area contributed by atoms with Crippen molar-refractivity contribution in [3.05, 3.63) is 0 Å². The molecule has 0 atom stereocenters. The zero-order chi connectivity index (χ0) is 8.53. The molecule has 3 nitrogen and oxygen atoms in total. The van der Waals surface area contributed by atoms with Gasteiger partial charge in [0, 0.05) is 0 Å². The fourth-order valence-electron chi connectivity index (χ4n) is 0.668. The van der Waals surface area contributed by atoms with Gasteiger partial charge in [-0.2, -0.15) is 0 Å². The van der Waals surface area contributed by atoms with Gasteiger partial charge in [-0.15, -0.1) is 24.8 Å². The molecule has 0 aromatic rings. The highest BCUT2D eigenvalue weighted by molar-refractivity contribution is 7.80. The van der Waals surface area contributed by atoms with E-state index in [-0.39, 0.29) is 24.8 Å². The van der Waals surface area contributed by atoms with E-state index < -0.39 is 0 Å². The third-order valence-corrected chi connectivity index (χ3v) is 1.56. The van der Waals surface area contributed by atoms with Gasteiger partial charge >= 0.3 is 0 Å². The van der Waals surface area contributed by atoms with Crippen LogP contribution in [0.5, 0.6) is 0 Å². The van der Waals surface area contributed by atoms with Gasteiger partial charge in [0.1, 0.15) is 0 Å². The minimum absolute atomic E-state index is 0. The lowest BCUT2D eigenvalue weighted by Gasteiger charge is -2.03. The second kappa shape index (κ2) is 14.9. The van der Waals surface area contributed by atoms with Crippen molar-refractivity contribution in [1.29, 1.82) is 0 Å². The van der Waals surface area contributed by atoms with Crippen molar-refractivity contribution in [2.75, 3.05) is 19.7 Å². The summed E-state index contributed by atoms with van der Waals surface area (Å²) < 4.78 is 5.10. The second-order valence-electron chi connectivity index (χ2n) is 2.27. The highest BCUT2D eigenvalue weighted by Gasteiger charge is 1.92. The summed E-state index contributed by atoms with van der Waals surface area (Å²) in [5.41, 5.74) is 10.5. The average molecular weight is 249 g/mol. The van der Waals surface area contributed by atoms with Gasteiger partial charge in [0.25, 0.3) is 0 Å². The number of ether oxygens (including phenoxy) is 1. The highest BCUT2D eigenvalue weighted by Crippen LogP contribution is 1.94. The molecule has 0 spiro atoms. The number of hydrogen-bond acceptors (Lipinski definition) is 4. The first-order chi connectivity index (χ1) is 5.31. The smallest absolute Gasteiger partial charge is 0.173 e. The Morgan fingerprint density at radius 1 is 1.08 bits per heavy atom. The van der Waals surface area contributed by atoms with E-state index in [1.165, 1.54) is 0 Å². The molecule has 0 aliphatic heterocycles. The van der Waals surface area contributed by atoms with Gasteiger partial charge < -0.3 is 16.2 Å². The van der Waals surface area contributed by atoms with Crippen LogP contribution in [-0.2, 0) is 4.74 Å². The molecule has 0 rings (SSSR count). The second-order valence-corrected chi connectivity index (χ2v) is 2.73. The van der Waals surface area contributed by atoms with E-state index in [0.717, 1.165) is 25.8 Å². The molecule has 82 valence electrons. The lowest BCUT2D eigenvalue weighted by molar-refractivity contribution is 0.296. The van der Waals surface area contributed by atoms with Crippen LogP contribution in [0, 0.1) is 0 Å². The summed E-state index contributed by atoms with van der Waals surface area (Å²) in [6.45, 7) is 1.77. The van der Waals surface area contributed by atoms with Crippen LogP contribution in [0.2, 0.25) is 0 Å². The number of halogens is 2. The van der Waals surface area contributed by atoms with E-state index in [2.05, 4.69) is 0 Å². The van der Waals surface area contributed by atoms with Gasteiger partial charge in [0.15, 0.2) is 5.05 Å². The molecule has 0 unspecified atom stereocenters. The van der Waals surface area contributed by atoms with E-state index >= 15 is 0 Å². The third kappa shape index (κ3) is 15.2. The van der Waals surface area contributed by atoms with Crippen LogP contribution in [0.25, 0.3) is 0 Å². The van der Waals surface area contributed by atoms with Crippen LogP contribution >= 0.6 is 37.0 Å². The van der Waals surface area contributed by atoms with E-state index in [1.54, 1.807) is 0 Å². The summed E-state index contributed by atoms with van der Waals surface area (Å²) in [7, 11) is 0. The largest absolute Gasteiger partial charge is 0.486 e. The number of thiocarbonyl (C=S) groups is 1. The summed E-state index contributed by atoms with van der Waals surface area (Å²) >= 11 is 4.76. The molecule has 0 aromatic heterocycles. The Bertz CT molecular complexity index is 117. The van der Waals surface area contributed by atoms with Crippen molar-refractivity contribution in [3.63, 3.8) is 0 Å². The molecule has 0 radical (unpaired) electrons. The van der Waals surface area contributed by atoms with Gasteiger partial charge in [-0.05, 0) is 38.0 Å². The molecule has 4 N–H and O–H groups in total. The van der Waals surface area contributed by atoms with E-state index in [1.807, 2.05) is 0 Å². The molecule has 0 saturated heterocycles. The maximum Gasteiger partial charge on any atom is 0.173 e. The van der Waals surface area contributed by atoms with Gasteiger partial charge in [-0.3, -0.25) is 0 Å². The SMILES string of the molecule is Cl.Cl.NCCCCCOC(=S)CN. The first-order valence-electron chi connectivity index (χ1n) is 3.87. The summed E-state index contributed by atoms with van der Waals surface area (Å²) in [6.07, 6.45) is 3.17. The van der Waals surface area contributed by atoms with Gasteiger partial charge in [0.2, 0.25) is 0 Å². The van der Waals surface area contributed by atoms with Crippen molar-refractivity contribution < 1.29 is 4.74 Å². The van der Waals surface area contributed by atoms with E-state index in [9.17, 15) is 0 Å². The van der Waals surface area contributed by atoms with Crippen molar-refractivity contribution in [2.45, 2.75) is 19.3 Å². The molecule has 0 aromatic carbocycles. The quantitative estimate of drug-likeness (QED) is 0.549. The van der Waals surface area contributed by atoms with Crippen LogP contribution in [-0.4, -0.2) is 24.7 Å². The van der Waals surface area contributed by atoms with Crippen molar-refractivity contribution >= 4 is 42.1 Å². The van der Waals surface area contributed by atoms with Crippen LogP contribution in [0.4, 0.5) is 0 Å². The van der Waals surface area contributed by atoms with E-state index in [4.69, 9.17) is 28.4 Å². The molecule has 0 saturated carbocycles. The number of nitrogens with two attached hydrogens (primary N) is 2. The number of rotatable bonds is 6. The molecular weight excluding hydrogens is 231 g/mol. The maximum absolute atomic E-state index is 5.31. The minimum Gasteiger partial charge on any atom is -0.486 e. The monoisotopic (exact) mass is 248 g/mol. The van der Waals surface area contributed by atoms with Gasteiger partial charge in [-0.1, -0.05) is 0 Å². The standard InChI is InChI=1S/C7H16N2OS.2ClH/c8-4-2-1-3-5-10-7(11)6-9;;/h1-6,8-9H2;2*1H. The molecule has 13 heavy (non-hydrogen) atoms. The maximum atomic E-state index is 5.31. The molecular formula is C7H18Cl2N2OS. The Morgan fingerprint density at radius 2 is 1.69 bits per heavy atom. The Hall–Kier alpha value is 0.390. The molecule has 0 amide bonds. The van der Waals surface area contributed by atoms with Gasteiger partial charge in [-0.25, -0.2) is 0 Å². The predicted molar refractivity (Wildman–Crippen MR) is 65.0 cm³/mol. The molecule has 0 fully saturated rings. The fourth-order valence-corrected chi connectivity index (χ4v) is 0.751. The first kappa shape index (κ1) is 19.0. The fraction of sp³-hybridized carbons (Fsp3) is 0.857. The molecule has 6 heteroatoms. The number of hydrogen-bond donors (Lipinski definition) is 2. The highest BCUT2D eigenvalue weighted by atomic mass is 35.5. The van der Waals surface area contributed by atoms with Crippen LogP contribution < -0.4 is 11.5 Å². The summed E-state index contributed by atoms with van der Waals surface area (Å²) in [4.78, 5) is 0. The predicted octanol–water partition coefficient (Wildman–Crippen LogP) is 1.26. The average Bonchev–Trinajstić information content (AvgIpc) is 2.04. The van der Waals surface area contributed by atoms with Gasteiger partial charge in [0.05, 0.1) is 13.2 Å². The Morgan fingerprint density at radius 3 is 2.15 bits per heavy atom. The van der Waals surface area contributed by atoms with Crippen LogP contribution in [0.3, 0.4) is 0 Å². The lowest BCUT2D eigenvalue weighted by Crippen LogP contribution is -2.15. The first-order valence-corrected chi connectivity index (χ1v) is 4.28. The van der Waals surface area contributed by atoms with Crippen LogP contribution in [0.15, 0.2) is 0 Å². The summed E-state index contributed by atoms with van der Waals surface area (Å²) in [6, 6.07) is 0. The van der Waals surface area contributed by atoms with Crippen LogP contribution in [0.1, 0.15) is 19.3 Å². The zero-order valence-electron chi connectivity index (χ0n) is 7.53. The molecule has 0 aliphatic carbocycles. The van der Waals surface area contributed by atoms with Crippen molar-refractivity contribution in [1.82, 2.24) is 0 Å². The summed E-state index contributed by atoms with van der Waals surface area (Å²) in [5.74, 6) is 0. The Balaban J connectivity index is -0.000000500. The molecule has 0 bridgehead atoms. The van der Waals surface area contributed by atoms with Crippen molar-refractivity contribution in [2.24, 2.45) is 11.5 Å².